The van der Waals surface area contributed by atoms with E-state index in [1.54, 1.807) is 24.3 Å². The van der Waals surface area contributed by atoms with Crippen LogP contribution in [0, 0.1) is 10.1 Å². The predicted octanol–water partition coefficient (Wildman–Crippen LogP) is 3.61. The Hall–Kier alpha value is -4.33. The molecule has 2 heterocycles. The summed E-state index contributed by atoms with van der Waals surface area (Å²) in [5.41, 5.74) is 1.73. The lowest BCUT2D eigenvalue weighted by molar-refractivity contribution is -0.384. The van der Waals surface area contributed by atoms with Gasteiger partial charge in [-0.25, -0.2) is 0 Å². The maximum absolute atomic E-state index is 12.6. The Kier molecular flexibility index (Phi) is 3.70. The van der Waals surface area contributed by atoms with Gasteiger partial charge in [0.2, 0.25) is 5.78 Å². The summed E-state index contributed by atoms with van der Waals surface area (Å²) in [5.74, 6) is 0.948. The van der Waals surface area contributed by atoms with Crippen molar-refractivity contribution < 1.29 is 4.92 Å². The fraction of sp³-hybridized carbons (Fsp3) is 0. The second-order valence-corrected chi connectivity index (χ2v) is 6.44. The Morgan fingerprint density at radius 2 is 1.55 bits per heavy atom. The fourth-order valence-corrected chi connectivity index (χ4v) is 3.36. The van der Waals surface area contributed by atoms with Gasteiger partial charge in [0, 0.05) is 17.7 Å². The molecule has 0 saturated carbocycles. The number of hydrogen-bond donors (Lipinski definition) is 0. The first-order chi connectivity index (χ1) is 14.1. The van der Waals surface area contributed by atoms with Crippen molar-refractivity contribution in [3.8, 4) is 17.1 Å². The van der Waals surface area contributed by atoms with E-state index in [2.05, 4.69) is 4.98 Å². The first-order valence-electron chi connectivity index (χ1n) is 8.84. The van der Waals surface area contributed by atoms with E-state index in [1.807, 2.05) is 46.9 Å². The summed E-state index contributed by atoms with van der Waals surface area (Å²) in [7, 11) is 0. The fourth-order valence-electron chi connectivity index (χ4n) is 3.36. The van der Waals surface area contributed by atoms with Crippen LogP contribution in [0.5, 0.6) is 0 Å². The highest BCUT2D eigenvalue weighted by Crippen LogP contribution is 2.25. The van der Waals surface area contributed by atoms with E-state index in [0.717, 1.165) is 5.56 Å². The largest absolute Gasteiger partial charge is 0.282 e. The maximum atomic E-state index is 12.6. The zero-order valence-corrected chi connectivity index (χ0v) is 15.0. The van der Waals surface area contributed by atoms with Gasteiger partial charge in [-0.3, -0.25) is 19.3 Å². The third kappa shape index (κ3) is 2.66. The predicted molar refractivity (Wildman–Crippen MR) is 108 cm³/mol. The Morgan fingerprint density at radius 3 is 2.28 bits per heavy atom. The molecular formula is C21H13N5O3. The van der Waals surface area contributed by atoms with Crippen LogP contribution >= 0.6 is 0 Å². The minimum atomic E-state index is -0.462. The number of rotatable bonds is 3. The third-order valence-electron chi connectivity index (χ3n) is 4.71. The van der Waals surface area contributed by atoms with Crippen LogP contribution in [0.15, 0.2) is 83.7 Å². The van der Waals surface area contributed by atoms with Gasteiger partial charge in [0.25, 0.3) is 11.2 Å². The molecule has 0 unspecified atom stereocenters. The number of non-ortho nitro benzene ring substituents is 1. The van der Waals surface area contributed by atoms with Gasteiger partial charge >= 0.3 is 0 Å². The molecule has 29 heavy (non-hydrogen) atoms. The molecule has 0 fully saturated rings. The van der Waals surface area contributed by atoms with Crippen molar-refractivity contribution in [1.82, 2.24) is 19.2 Å². The van der Waals surface area contributed by atoms with Crippen LogP contribution in [0.2, 0.25) is 0 Å². The monoisotopic (exact) mass is 383 g/mol. The van der Waals surface area contributed by atoms with Gasteiger partial charge < -0.3 is 0 Å². The second kappa shape index (κ2) is 6.38. The van der Waals surface area contributed by atoms with Gasteiger partial charge in [-0.05, 0) is 24.3 Å². The average molecular weight is 383 g/mol. The number of hydrogen-bond acceptors (Lipinski definition) is 5. The molecule has 0 aliphatic heterocycles. The zero-order chi connectivity index (χ0) is 20.0. The smallest absolute Gasteiger partial charge is 0.267 e. The first-order valence-corrected chi connectivity index (χ1v) is 8.84. The van der Waals surface area contributed by atoms with Crippen molar-refractivity contribution in [2.24, 2.45) is 0 Å². The van der Waals surface area contributed by atoms with Crippen LogP contribution in [-0.2, 0) is 0 Å². The highest BCUT2D eigenvalue weighted by atomic mass is 16.6. The van der Waals surface area contributed by atoms with Crippen molar-refractivity contribution in [2.45, 2.75) is 0 Å². The summed E-state index contributed by atoms with van der Waals surface area (Å²) in [6, 6.07) is 22.8. The standard InChI is InChI=1S/C21H13N5O3/c27-20-17-8-4-5-9-18(17)24-19(14-6-2-1-3-7-14)23-25(21(24)22-20)15-10-12-16(13-11-15)26(28)29/h1-13H. The molecule has 140 valence electrons. The molecule has 0 aliphatic rings. The number of para-hydroxylation sites is 1. The van der Waals surface area contributed by atoms with Crippen molar-refractivity contribution in [3.63, 3.8) is 0 Å². The van der Waals surface area contributed by atoms with E-state index in [9.17, 15) is 14.9 Å². The number of nitrogens with zero attached hydrogens (tertiary/aromatic N) is 5. The molecule has 0 N–H and O–H groups in total. The normalized spacial score (nSPS) is 11.2. The molecule has 0 atom stereocenters. The first kappa shape index (κ1) is 16.8. The molecule has 5 rings (SSSR count). The number of nitro groups is 1. The van der Waals surface area contributed by atoms with Crippen molar-refractivity contribution in [1.29, 1.82) is 0 Å². The van der Waals surface area contributed by atoms with Crippen LogP contribution in [0.4, 0.5) is 5.69 Å². The molecule has 8 heteroatoms. The van der Waals surface area contributed by atoms with Crippen molar-refractivity contribution in [2.75, 3.05) is 0 Å². The second-order valence-electron chi connectivity index (χ2n) is 6.44. The van der Waals surface area contributed by atoms with Gasteiger partial charge in [0.05, 0.1) is 21.5 Å². The maximum Gasteiger partial charge on any atom is 0.282 e. The Morgan fingerprint density at radius 1 is 0.862 bits per heavy atom. The van der Waals surface area contributed by atoms with Crippen molar-refractivity contribution in [3.05, 3.63) is 99.3 Å². The molecule has 5 aromatic rings. The van der Waals surface area contributed by atoms with Gasteiger partial charge in [0.15, 0.2) is 5.82 Å². The summed E-state index contributed by atoms with van der Waals surface area (Å²) in [5, 5.41) is 16.2. The van der Waals surface area contributed by atoms with Gasteiger partial charge in [-0.2, -0.15) is 9.67 Å². The third-order valence-corrected chi connectivity index (χ3v) is 4.71. The quantitative estimate of drug-likeness (QED) is 0.350. The van der Waals surface area contributed by atoms with Gasteiger partial charge in [0.1, 0.15) is 0 Å². The molecule has 0 bridgehead atoms. The molecule has 3 aromatic carbocycles. The van der Waals surface area contributed by atoms with E-state index in [-0.39, 0.29) is 11.2 Å². The summed E-state index contributed by atoms with van der Waals surface area (Å²) in [6.45, 7) is 0. The summed E-state index contributed by atoms with van der Waals surface area (Å²) in [4.78, 5) is 27.4. The minimum absolute atomic E-state index is 0.0240. The van der Waals surface area contributed by atoms with Gasteiger partial charge in [-0.1, -0.05) is 42.5 Å². The topological polar surface area (TPSA) is 95.3 Å². The lowest BCUT2D eigenvalue weighted by Gasteiger charge is -2.04. The lowest BCUT2D eigenvalue weighted by atomic mass is 10.2. The molecular weight excluding hydrogens is 370 g/mol. The Balaban J connectivity index is 1.88. The molecule has 0 saturated heterocycles. The summed E-state index contributed by atoms with van der Waals surface area (Å²) in [6.07, 6.45) is 0. The van der Waals surface area contributed by atoms with Crippen LogP contribution in [-0.4, -0.2) is 24.1 Å². The average Bonchev–Trinajstić information content (AvgIpc) is 3.14. The van der Waals surface area contributed by atoms with E-state index in [0.29, 0.717) is 28.2 Å². The highest BCUT2D eigenvalue weighted by Gasteiger charge is 2.18. The van der Waals surface area contributed by atoms with Crippen LogP contribution in [0.1, 0.15) is 0 Å². The minimum Gasteiger partial charge on any atom is -0.267 e. The van der Waals surface area contributed by atoms with E-state index in [1.165, 1.54) is 16.8 Å². The van der Waals surface area contributed by atoms with E-state index >= 15 is 0 Å². The molecule has 0 spiro atoms. The van der Waals surface area contributed by atoms with Crippen LogP contribution in [0.3, 0.4) is 0 Å². The van der Waals surface area contributed by atoms with Gasteiger partial charge in [-0.15, -0.1) is 5.10 Å². The van der Waals surface area contributed by atoms with Crippen molar-refractivity contribution >= 4 is 22.4 Å². The lowest BCUT2D eigenvalue weighted by Crippen LogP contribution is -2.12. The van der Waals surface area contributed by atoms with Crippen LogP contribution < -0.4 is 5.56 Å². The summed E-state index contributed by atoms with van der Waals surface area (Å²) >= 11 is 0. The Labute approximate surface area is 163 Å². The van der Waals surface area contributed by atoms with Crippen LogP contribution in [0.25, 0.3) is 33.8 Å². The number of fused-ring (bicyclic) bond motifs is 3. The molecule has 0 amide bonds. The van der Waals surface area contributed by atoms with E-state index < -0.39 is 4.92 Å². The molecule has 2 aromatic heterocycles. The molecule has 8 nitrogen and oxygen atoms in total. The zero-order valence-electron chi connectivity index (χ0n) is 15.0. The number of benzene rings is 3. The van der Waals surface area contributed by atoms with E-state index in [4.69, 9.17) is 5.10 Å². The number of aromatic nitrogens is 4. The molecule has 0 aliphatic carbocycles. The Bertz CT molecular complexity index is 1440. The molecule has 0 radical (unpaired) electrons. The number of nitro benzene ring substituents is 1. The summed E-state index contributed by atoms with van der Waals surface area (Å²) < 4.78 is 3.35. The highest BCUT2D eigenvalue weighted by molar-refractivity contribution is 5.82. The SMILES string of the molecule is O=c1nc2n(-c3ccc([N+](=O)[O-])cc3)nc(-c3ccccc3)n2c2ccccc12.